The lowest BCUT2D eigenvalue weighted by molar-refractivity contribution is -0.145. The van der Waals surface area contributed by atoms with Gasteiger partial charge in [-0.1, -0.05) is 26.0 Å². The highest BCUT2D eigenvalue weighted by Crippen LogP contribution is 2.38. The second kappa shape index (κ2) is 12.1. The third-order valence-electron chi connectivity index (χ3n) is 6.33. The minimum atomic E-state index is -0.399. The maximum Gasteiger partial charge on any atom is 0.322 e. The smallest absolute Gasteiger partial charge is 0.322 e. The average Bonchev–Trinajstić information content (AvgIpc) is 3.32. The van der Waals surface area contributed by atoms with Crippen molar-refractivity contribution in [2.45, 2.75) is 59.2 Å². The second-order valence-electron chi connectivity index (χ2n) is 9.86. The first-order chi connectivity index (χ1) is 18.0. The quantitative estimate of drug-likeness (QED) is 0.384. The first kappa shape index (κ1) is 28.6. The number of carbonyl (C=O) groups is 2. The van der Waals surface area contributed by atoms with Crippen molar-refractivity contribution in [3.63, 3.8) is 0 Å². The molecular weight excluding hydrogens is 486 g/mol. The van der Waals surface area contributed by atoms with Crippen LogP contribution in [0.25, 0.3) is 17.1 Å². The normalized spacial score (nSPS) is 12.2. The van der Waals surface area contributed by atoms with Gasteiger partial charge in [0.1, 0.15) is 17.5 Å². The largest absolute Gasteiger partial charge is 0.507 e. The third-order valence-corrected chi connectivity index (χ3v) is 6.33. The molecule has 0 aliphatic heterocycles. The molecule has 10 nitrogen and oxygen atoms in total. The molecule has 0 saturated carbocycles. The summed E-state index contributed by atoms with van der Waals surface area (Å²) in [6.07, 6.45) is 0. The van der Waals surface area contributed by atoms with Gasteiger partial charge in [-0.05, 0) is 63.1 Å². The third kappa shape index (κ3) is 6.13. The molecule has 0 saturated heterocycles. The van der Waals surface area contributed by atoms with Crippen LogP contribution in [0.2, 0.25) is 0 Å². The number of carbonyl (C=O) groups excluding carboxylic acids is 2. The van der Waals surface area contributed by atoms with E-state index in [0.717, 1.165) is 11.1 Å². The molecule has 1 heterocycles. The van der Waals surface area contributed by atoms with Gasteiger partial charge in [0.05, 0.1) is 19.8 Å². The number of phenolic OH excluding ortho intramolecular Hbond substituents is 1. The number of esters is 1. The highest BCUT2D eigenvalue weighted by Gasteiger charge is 2.25. The van der Waals surface area contributed by atoms with E-state index >= 15 is 0 Å². The summed E-state index contributed by atoms with van der Waals surface area (Å²) >= 11 is 0. The van der Waals surface area contributed by atoms with Gasteiger partial charge in [0.25, 0.3) is 5.91 Å². The summed E-state index contributed by atoms with van der Waals surface area (Å²) in [6.45, 7) is 10.1. The molecule has 10 heteroatoms. The van der Waals surface area contributed by atoms with E-state index in [9.17, 15) is 14.7 Å². The number of ether oxygens (including phenoxy) is 2. The molecule has 0 aliphatic carbocycles. The molecule has 38 heavy (non-hydrogen) atoms. The van der Waals surface area contributed by atoms with Crippen molar-refractivity contribution in [3.8, 4) is 28.6 Å². The summed E-state index contributed by atoms with van der Waals surface area (Å²) in [5.41, 5.74) is 2.93. The standard InChI is InChI=1S/C28H37N5O5/c1-16(2)21-13-22(23(34)14-24(21)37-7)25-30-31-26(27(35)29-17(3)4)33(25)20-11-9-19(10-12-20)15-32(6)18(5)28(36)38-8/h9-14,16-18,34H,15H2,1-8H3,(H,29,35). The van der Waals surface area contributed by atoms with Gasteiger partial charge in [-0.25, -0.2) is 0 Å². The zero-order valence-electron chi connectivity index (χ0n) is 23.3. The van der Waals surface area contributed by atoms with E-state index in [4.69, 9.17) is 9.47 Å². The molecule has 3 rings (SSSR count). The van der Waals surface area contributed by atoms with Gasteiger partial charge in [0.2, 0.25) is 5.82 Å². The van der Waals surface area contributed by atoms with E-state index < -0.39 is 6.04 Å². The van der Waals surface area contributed by atoms with E-state index in [-0.39, 0.29) is 35.4 Å². The predicted molar refractivity (Wildman–Crippen MR) is 145 cm³/mol. The van der Waals surface area contributed by atoms with Crippen molar-refractivity contribution in [1.29, 1.82) is 0 Å². The number of phenols is 1. The molecule has 0 fully saturated rings. The monoisotopic (exact) mass is 523 g/mol. The predicted octanol–water partition coefficient (Wildman–Crippen LogP) is 3.90. The fourth-order valence-electron chi connectivity index (χ4n) is 4.10. The molecule has 3 aromatic rings. The molecular formula is C28H37N5O5. The van der Waals surface area contributed by atoms with Crippen molar-refractivity contribution in [1.82, 2.24) is 25.0 Å². The Morgan fingerprint density at radius 2 is 1.71 bits per heavy atom. The first-order valence-corrected chi connectivity index (χ1v) is 12.5. The highest BCUT2D eigenvalue weighted by atomic mass is 16.5. The summed E-state index contributed by atoms with van der Waals surface area (Å²) in [4.78, 5) is 26.8. The van der Waals surface area contributed by atoms with Crippen molar-refractivity contribution in [2.24, 2.45) is 0 Å². The maximum absolute atomic E-state index is 13.1. The number of likely N-dealkylation sites (N-methyl/N-ethyl adjacent to an activating group) is 1. The summed E-state index contributed by atoms with van der Waals surface area (Å²) < 4.78 is 11.9. The van der Waals surface area contributed by atoms with Crippen LogP contribution in [0, 0.1) is 0 Å². The van der Waals surface area contributed by atoms with Crippen molar-refractivity contribution in [2.75, 3.05) is 21.3 Å². The molecule has 1 atom stereocenters. The Bertz CT molecular complexity index is 1280. The van der Waals surface area contributed by atoms with Crippen LogP contribution in [0.3, 0.4) is 0 Å². The van der Waals surface area contributed by atoms with Crippen LogP contribution in [-0.4, -0.2) is 70.0 Å². The van der Waals surface area contributed by atoms with E-state index in [1.54, 1.807) is 24.7 Å². The number of methoxy groups -OCH3 is 2. The van der Waals surface area contributed by atoms with Gasteiger partial charge in [0.15, 0.2) is 5.82 Å². The molecule has 204 valence electrons. The number of hydrogen-bond acceptors (Lipinski definition) is 8. The summed E-state index contributed by atoms with van der Waals surface area (Å²) in [7, 11) is 4.78. The van der Waals surface area contributed by atoms with Crippen LogP contribution < -0.4 is 10.1 Å². The molecule has 2 N–H and O–H groups in total. The Balaban J connectivity index is 2.09. The summed E-state index contributed by atoms with van der Waals surface area (Å²) in [5.74, 6) is 0.383. The number of amides is 1. The number of rotatable bonds is 10. The van der Waals surface area contributed by atoms with E-state index in [2.05, 4.69) is 15.5 Å². The zero-order valence-corrected chi connectivity index (χ0v) is 23.3. The second-order valence-corrected chi connectivity index (χ2v) is 9.86. The van der Waals surface area contributed by atoms with Gasteiger partial charge < -0.3 is 19.9 Å². The minimum absolute atomic E-state index is 0.0363. The van der Waals surface area contributed by atoms with Gasteiger partial charge >= 0.3 is 5.97 Å². The maximum atomic E-state index is 13.1. The Hall–Kier alpha value is -3.92. The van der Waals surface area contributed by atoms with Gasteiger partial charge in [0, 0.05) is 24.3 Å². The number of nitrogens with zero attached hydrogens (tertiary/aromatic N) is 4. The highest BCUT2D eigenvalue weighted by molar-refractivity contribution is 5.92. The van der Waals surface area contributed by atoms with E-state index in [1.165, 1.54) is 7.11 Å². The number of hydrogen-bond donors (Lipinski definition) is 2. The van der Waals surface area contributed by atoms with Crippen LogP contribution >= 0.6 is 0 Å². The molecule has 0 spiro atoms. The number of nitrogens with one attached hydrogen (secondary N) is 1. The van der Waals surface area contributed by atoms with Crippen molar-refractivity contribution >= 4 is 11.9 Å². The molecule has 1 unspecified atom stereocenters. The lowest BCUT2D eigenvalue weighted by Crippen LogP contribution is -2.36. The van der Waals surface area contributed by atoms with E-state index in [1.807, 2.05) is 70.0 Å². The zero-order chi connectivity index (χ0) is 28.1. The van der Waals surface area contributed by atoms with Crippen molar-refractivity contribution in [3.05, 3.63) is 53.3 Å². The first-order valence-electron chi connectivity index (χ1n) is 12.5. The molecule has 2 aromatic carbocycles. The Morgan fingerprint density at radius 3 is 2.26 bits per heavy atom. The fraction of sp³-hybridized carbons (Fsp3) is 0.429. The number of aromatic nitrogens is 3. The van der Waals surface area contributed by atoms with Crippen LogP contribution in [0.5, 0.6) is 11.5 Å². The SMILES string of the molecule is COC(=O)C(C)N(C)Cc1ccc(-n2c(C(=O)NC(C)C)nnc2-c2cc(C(C)C)c(OC)cc2O)cc1. The van der Waals surface area contributed by atoms with Crippen LogP contribution in [-0.2, 0) is 16.1 Å². The fourth-order valence-corrected chi connectivity index (χ4v) is 4.10. The molecule has 0 aliphatic rings. The molecule has 0 bridgehead atoms. The van der Waals surface area contributed by atoms with Crippen LogP contribution in [0.15, 0.2) is 36.4 Å². The van der Waals surface area contributed by atoms with Crippen LogP contribution in [0.1, 0.15) is 62.3 Å². The molecule has 1 amide bonds. The van der Waals surface area contributed by atoms with E-state index in [0.29, 0.717) is 29.4 Å². The lowest BCUT2D eigenvalue weighted by Gasteiger charge is -2.22. The molecule has 0 radical (unpaired) electrons. The Morgan fingerprint density at radius 1 is 1.05 bits per heavy atom. The summed E-state index contributed by atoms with van der Waals surface area (Å²) in [5, 5.41) is 22.3. The Kier molecular flexibility index (Phi) is 9.11. The average molecular weight is 524 g/mol. The topological polar surface area (TPSA) is 119 Å². The van der Waals surface area contributed by atoms with Crippen LogP contribution in [0.4, 0.5) is 0 Å². The summed E-state index contributed by atoms with van der Waals surface area (Å²) in [6, 6.07) is 10.4. The lowest BCUT2D eigenvalue weighted by atomic mass is 9.98. The number of aromatic hydroxyl groups is 1. The van der Waals surface area contributed by atoms with Crippen molar-refractivity contribution < 1.29 is 24.2 Å². The van der Waals surface area contributed by atoms with Gasteiger partial charge in [-0.15, -0.1) is 10.2 Å². The van der Waals surface area contributed by atoms with Gasteiger partial charge in [-0.3, -0.25) is 19.1 Å². The van der Waals surface area contributed by atoms with Gasteiger partial charge in [-0.2, -0.15) is 0 Å². The Labute approximate surface area is 223 Å². The molecule has 1 aromatic heterocycles. The number of benzene rings is 2. The minimum Gasteiger partial charge on any atom is -0.507 e.